The lowest BCUT2D eigenvalue weighted by molar-refractivity contribution is -0.0389. The molecule has 1 aromatic carbocycles. The monoisotopic (exact) mass is 321 g/mol. The van der Waals surface area contributed by atoms with Gasteiger partial charge >= 0.3 is 6.09 Å². The Balaban J connectivity index is 1.96. The van der Waals surface area contributed by atoms with E-state index >= 15 is 0 Å². The van der Waals surface area contributed by atoms with Gasteiger partial charge in [-0.2, -0.15) is 0 Å². The van der Waals surface area contributed by atoms with Crippen molar-refractivity contribution >= 4 is 6.09 Å². The summed E-state index contributed by atoms with van der Waals surface area (Å²) in [5.41, 5.74) is -0.455. The molecule has 0 saturated carbocycles. The summed E-state index contributed by atoms with van der Waals surface area (Å²) >= 11 is 0. The molecule has 5 heteroatoms. The highest BCUT2D eigenvalue weighted by Crippen LogP contribution is 2.30. The number of amides is 1. The molecule has 0 unspecified atom stereocenters. The van der Waals surface area contributed by atoms with Crippen molar-refractivity contribution in [3.63, 3.8) is 0 Å². The molecule has 0 aromatic heterocycles. The highest BCUT2D eigenvalue weighted by molar-refractivity contribution is 5.69. The van der Waals surface area contributed by atoms with Crippen molar-refractivity contribution in [2.45, 2.75) is 58.0 Å². The molecule has 0 radical (unpaired) electrons. The second kappa shape index (κ2) is 6.89. The molecule has 0 bridgehead atoms. The first-order chi connectivity index (χ1) is 10.7. The molecule has 0 aliphatic carbocycles. The predicted molar refractivity (Wildman–Crippen MR) is 88.1 cm³/mol. The van der Waals surface area contributed by atoms with Gasteiger partial charge in [-0.1, -0.05) is 30.3 Å². The summed E-state index contributed by atoms with van der Waals surface area (Å²) in [6.45, 7) is 8.45. The molecule has 5 nitrogen and oxygen atoms in total. The van der Waals surface area contributed by atoms with Crippen molar-refractivity contribution in [1.29, 1.82) is 0 Å². The molecular weight excluding hydrogens is 294 g/mol. The van der Waals surface area contributed by atoms with E-state index in [0.29, 0.717) is 19.6 Å². The third kappa shape index (κ3) is 4.94. The van der Waals surface area contributed by atoms with Crippen molar-refractivity contribution in [2.75, 3.05) is 13.2 Å². The van der Waals surface area contributed by atoms with Crippen LogP contribution in [0.3, 0.4) is 0 Å². The van der Waals surface area contributed by atoms with E-state index in [1.54, 1.807) is 11.8 Å². The lowest BCUT2D eigenvalue weighted by atomic mass is 9.98. The Kier molecular flexibility index (Phi) is 5.32. The maximum absolute atomic E-state index is 12.3. The van der Waals surface area contributed by atoms with Gasteiger partial charge in [0.2, 0.25) is 0 Å². The maximum Gasteiger partial charge on any atom is 0.410 e. The van der Waals surface area contributed by atoms with E-state index in [-0.39, 0.29) is 6.61 Å². The molecular formula is C18H27NO4. The van der Waals surface area contributed by atoms with Gasteiger partial charge in [0.05, 0.1) is 24.9 Å². The normalized spacial score (nSPS) is 24.7. The molecule has 23 heavy (non-hydrogen) atoms. The minimum absolute atomic E-state index is 0.279. The quantitative estimate of drug-likeness (QED) is 0.926. The van der Waals surface area contributed by atoms with Gasteiger partial charge in [-0.05, 0) is 39.7 Å². The Morgan fingerprint density at radius 3 is 2.61 bits per heavy atom. The number of rotatable bonds is 4. The Labute approximate surface area is 138 Å². The highest BCUT2D eigenvalue weighted by atomic mass is 16.6. The summed E-state index contributed by atoms with van der Waals surface area (Å²) in [4.78, 5) is 13.9. The standard InChI is InChI=1S/C18H27NO4/c1-17(2,3)23-16(20)19-11-10-18(4,21)15(19)13-22-12-14-8-6-5-7-9-14/h5-9,15,21H,10-13H2,1-4H3/t15-,18-/m1/s1. The Bertz CT molecular complexity index is 522. The Morgan fingerprint density at radius 1 is 1.35 bits per heavy atom. The van der Waals surface area contributed by atoms with Gasteiger partial charge in [-0.3, -0.25) is 4.90 Å². The smallest absolute Gasteiger partial charge is 0.410 e. The molecule has 1 saturated heterocycles. The zero-order valence-electron chi connectivity index (χ0n) is 14.4. The van der Waals surface area contributed by atoms with Crippen LogP contribution < -0.4 is 0 Å². The fraction of sp³-hybridized carbons (Fsp3) is 0.611. The van der Waals surface area contributed by atoms with E-state index in [9.17, 15) is 9.90 Å². The molecule has 1 aliphatic rings. The first-order valence-electron chi connectivity index (χ1n) is 8.03. The van der Waals surface area contributed by atoms with E-state index in [1.807, 2.05) is 51.1 Å². The molecule has 128 valence electrons. The van der Waals surface area contributed by atoms with Crippen LogP contribution in [0.1, 0.15) is 39.7 Å². The zero-order valence-corrected chi connectivity index (χ0v) is 14.4. The number of likely N-dealkylation sites (tertiary alicyclic amines) is 1. The summed E-state index contributed by atoms with van der Waals surface area (Å²) in [6.07, 6.45) is 0.120. The van der Waals surface area contributed by atoms with Gasteiger partial charge < -0.3 is 14.6 Å². The summed E-state index contributed by atoms with van der Waals surface area (Å²) in [6, 6.07) is 9.43. The number of aliphatic hydroxyl groups is 1. The minimum Gasteiger partial charge on any atom is -0.444 e. The summed E-state index contributed by atoms with van der Waals surface area (Å²) in [5, 5.41) is 10.5. The van der Waals surface area contributed by atoms with Gasteiger partial charge in [0.1, 0.15) is 5.60 Å². The van der Waals surface area contributed by atoms with Crippen LogP contribution in [0.4, 0.5) is 4.79 Å². The lowest BCUT2D eigenvalue weighted by Gasteiger charge is -2.32. The SMILES string of the molecule is CC(C)(C)OC(=O)N1CC[C@@](C)(O)[C@H]1COCc1ccccc1. The lowest BCUT2D eigenvalue weighted by Crippen LogP contribution is -2.49. The van der Waals surface area contributed by atoms with Gasteiger partial charge in [0, 0.05) is 6.54 Å². The van der Waals surface area contributed by atoms with E-state index in [4.69, 9.17) is 9.47 Å². The van der Waals surface area contributed by atoms with Gasteiger partial charge in [-0.25, -0.2) is 4.79 Å². The second-order valence-corrected chi connectivity index (χ2v) is 7.30. The van der Waals surface area contributed by atoms with Crippen molar-refractivity contribution in [3.8, 4) is 0 Å². The number of carbonyl (C=O) groups excluding carboxylic acids is 1. The third-order valence-corrected chi connectivity index (χ3v) is 3.97. The molecule has 1 aliphatic heterocycles. The summed E-state index contributed by atoms with van der Waals surface area (Å²) in [7, 11) is 0. The number of ether oxygens (including phenoxy) is 2. The fourth-order valence-corrected chi connectivity index (χ4v) is 2.68. The van der Waals surface area contributed by atoms with Crippen LogP contribution in [0, 0.1) is 0 Å². The number of hydrogen-bond donors (Lipinski definition) is 1. The van der Waals surface area contributed by atoms with Crippen molar-refractivity contribution < 1.29 is 19.4 Å². The molecule has 0 spiro atoms. The number of nitrogens with zero attached hydrogens (tertiary/aromatic N) is 1. The molecule has 1 aromatic rings. The largest absolute Gasteiger partial charge is 0.444 e. The topological polar surface area (TPSA) is 59.0 Å². The number of benzene rings is 1. The summed E-state index contributed by atoms with van der Waals surface area (Å²) < 4.78 is 11.2. The first-order valence-corrected chi connectivity index (χ1v) is 8.03. The molecule has 1 N–H and O–H groups in total. The Hall–Kier alpha value is -1.59. The van der Waals surface area contributed by atoms with Crippen LogP contribution in [0.25, 0.3) is 0 Å². The van der Waals surface area contributed by atoms with Crippen molar-refractivity contribution in [3.05, 3.63) is 35.9 Å². The van der Waals surface area contributed by atoms with Gasteiger partial charge in [-0.15, -0.1) is 0 Å². The van der Waals surface area contributed by atoms with E-state index in [0.717, 1.165) is 5.56 Å². The number of hydrogen-bond acceptors (Lipinski definition) is 4. The first kappa shape index (κ1) is 17.8. The second-order valence-electron chi connectivity index (χ2n) is 7.30. The van der Waals surface area contributed by atoms with Crippen molar-refractivity contribution in [1.82, 2.24) is 4.90 Å². The third-order valence-electron chi connectivity index (χ3n) is 3.97. The number of carbonyl (C=O) groups is 1. The minimum atomic E-state index is -0.965. The van der Waals surface area contributed by atoms with Crippen LogP contribution in [-0.4, -0.2) is 46.5 Å². The summed E-state index contributed by atoms with van der Waals surface area (Å²) in [5.74, 6) is 0. The average Bonchev–Trinajstić information content (AvgIpc) is 2.74. The van der Waals surface area contributed by atoms with E-state index < -0.39 is 23.3 Å². The maximum atomic E-state index is 12.3. The van der Waals surface area contributed by atoms with E-state index in [1.165, 1.54) is 0 Å². The molecule has 1 amide bonds. The van der Waals surface area contributed by atoms with Crippen molar-refractivity contribution in [2.24, 2.45) is 0 Å². The Morgan fingerprint density at radius 2 is 2.00 bits per heavy atom. The van der Waals surface area contributed by atoms with E-state index in [2.05, 4.69) is 0 Å². The molecule has 1 fully saturated rings. The average molecular weight is 321 g/mol. The highest BCUT2D eigenvalue weighted by Gasteiger charge is 2.46. The molecule has 1 heterocycles. The fourth-order valence-electron chi connectivity index (χ4n) is 2.68. The van der Waals surface area contributed by atoms with Crippen LogP contribution in [0.15, 0.2) is 30.3 Å². The molecule has 2 rings (SSSR count). The molecule has 2 atom stereocenters. The van der Waals surface area contributed by atoms with Gasteiger partial charge in [0.15, 0.2) is 0 Å². The predicted octanol–water partition coefficient (Wildman–Crippen LogP) is 2.96. The van der Waals surface area contributed by atoms with Crippen LogP contribution in [0.2, 0.25) is 0 Å². The van der Waals surface area contributed by atoms with Crippen LogP contribution in [-0.2, 0) is 16.1 Å². The van der Waals surface area contributed by atoms with Gasteiger partial charge in [0.25, 0.3) is 0 Å². The van der Waals surface area contributed by atoms with Crippen LogP contribution >= 0.6 is 0 Å². The zero-order chi connectivity index (χ0) is 17.1. The van der Waals surface area contributed by atoms with Crippen LogP contribution in [0.5, 0.6) is 0 Å².